The van der Waals surface area contributed by atoms with Gasteiger partial charge < -0.3 is 15.0 Å². The highest BCUT2D eigenvalue weighted by Crippen LogP contribution is 2.25. The molecule has 0 aliphatic heterocycles. The van der Waals surface area contributed by atoms with Crippen LogP contribution >= 0.6 is 0 Å². The molecule has 0 radical (unpaired) electrons. The molecule has 122 valence electrons. The van der Waals surface area contributed by atoms with Crippen LogP contribution in [0.5, 0.6) is 5.75 Å². The highest BCUT2D eigenvalue weighted by molar-refractivity contribution is 5.95. The van der Waals surface area contributed by atoms with Gasteiger partial charge >= 0.3 is 0 Å². The number of methoxy groups -OCH3 is 1. The van der Waals surface area contributed by atoms with Gasteiger partial charge in [-0.15, -0.1) is 0 Å². The van der Waals surface area contributed by atoms with Gasteiger partial charge in [0.15, 0.2) is 0 Å². The van der Waals surface area contributed by atoms with Gasteiger partial charge in [-0.25, -0.2) is 0 Å². The Balaban J connectivity index is 2.10. The largest absolute Gasteiger partial charge is 0.495 e. The summed E-state index contributed by atoms with van der Waals surface area (Å²) in [7, 11) is 1.60. The van der Waals surface area contributed by atoms with Crippen LogP contribution < -0.4 is 15.0 Å². The van der Waals surface area contributed by atoms with E-state index in [4.69, 9.17) is 4.74 Å². The number of benzene rings is 2. The van der Waals surface area contributed by atoms with Gasteiger partial charge in [-0.05, 0) is 56.2 Å². The number of likely N-dealkylation sites (N-methyl/N-ethyl adjacent to an activating group) is 1. The minimum Gasteiger partial charge on any atom is -0.495 e. The minimum absolute atomic E-state index is 0.0581. The molecule has 0 unspecified atom stereocenters. The van der Waals surface area contributed by atoms with E-state index in [2.05, 4.69) is 24.4 Å². The van der Waals surface area contributed by atoms with E-state index >= 15 is 0 Å². The lowest BCUT2D eigenvalue weighted by atomic mass is 10.2. The predicted molar refractivity (Wildman–Crippen MR) is 95.4 cm³/mol. The Bertz CT molecular complexity index is 683. The van der Waals surface area contributed by atoms with Crippen molar-refractivity contribution in [1.29, 1.82) is 0 Å². The second kappa shape index (κ2) is 7.68. The maximum atomic E-state index is 12.4. The number of nitrogens with one attached hydrogen (secondary N) is 1. The number of amides is 1. The lowest BCUT2D eigenvalue weighted by Crippen LogP contribution is -2.33. The molecule has 4 nitrogen and oxygen atoms in total. The lowest BCUT2D eigenvalue weighted by Gasteiger charge is -2.23. The van der Waals surface area contributed by atoms with Gasteiger partial charge in [-0.1, -0.05) is 18.2 Å². The van der Waals surface area contributed by atoms with Crippen LogP contribution in [0.25, 0.3) is 0 Å². The van der Waals surface area contributed by atoms with Crippen molar-refractivity contribution in [3.8, 4) is 5.75 Å². The molecule has 0 bridgehead atoms. The summed E-state index contributed by atoms with van der Waals surface area (Å²) in [6.45, 7) is 7.15. The summed E-state index contributed by atoms with van der Waals surface area (Å²) in [5.74, 6) is 0.611. The van der Waals surface area contributed by atoms with Crippen LogP contribution in [0.4, 0.5) is 11.4 Å². The average Bonchev–Trinajstić information content (AvgIpc) is 2.53. The smallest absolute Gasteiger partial charge is 0.243 e. The third kappa shape index (κ3) is 4.49. The zero-order chi connectivity index (χ0) is 16.8. The summed E-state index contributed by atoms with van der Waals surface area (Å²) in [6.07, 6.45) is 0. The molecule has 1 amide bonds. The molecule has 0 spiro atoms. The Morgan fingerprint density at radius 1 is 1.13 bits per heavy atom. The highest BCUT2D eigenvalue weighted by atomic mass is 16.5. The number of hydrogen-bond donors (Lipinski definition) is 1. The fourth-order valence-electron chi connectivity index (χ4n) is 2.49. The number of aryl methyl sites for hydroxylation is 2. The standard InChI is InChI=1S/C19H24N2O2/c1-5-21(16-8-6-7-14(2)11-16)13-19(22)20-17-12-15(3)9-10-18(17)23-4/h6-12H,5,13H2,1-4H3,(H,20,22). The summed E-state index contributed by atoms with van der Waals surface area (Å²) in [6, 6.07) is 13.9. The lowest BCUT2D eigenvalue weighted by molar-refractivity contribution is -0.115. The number of anilines is 2. The van der Waals surface area contributed by atoms with Crippen molar-refractivity contribution in [1.82, 2.24) is 0 Å². The average molecular weight is 312 g/mol. The number of rotatable bonds is 6. The van der Waals surface area contributed by atoms with E-state index in [9.17, 15) is 4.79 Å². The van der Waals surface area contributed by atoms with E-state index in [0.29, 0.717) is 18.0 Å². The van der Waals surface area contributed by atoms with Crippen LogP contribution in [0.1, 0.15) is 18.1 Å². The quantitative estimate of drug-likeness (QED) is 0.882. The molecule has 0 atom stereocenters. The molecule has 2 rings (SSSR count). The summed E-state index contributed by atoms with van der Waals surface area (Å²) in [5.41, 5.74) is 4.02. The van der Waals surface area contributed by atoms with Crippen molar-refractivity contribution in [2.45, 2.75) is 20.8 Å². The first-order valence-corrected chi connectivity index (χ1v) is 7.79. The molecule has 0 saturated heterocycles. The van der Waals surface area contributed by atoms with E-state index in [-0.39, 0.29) is 5.91 Å². The van der Waals surface area contributed by atoms with Crippen molar-refractivity contribution in [2.24, 2.45) is 0 Å². The van der Waals surface area contributed by atoms with E-state index in [1.165, 1.54) is 5.56 Å². The molecule has 0 heterocycles. The Morgan fingerprint density at radius 2 is 1.87 bits per heavy atom. The topological polar surface area (TPSA) is 41.6 Å². The van der Waals surface area contributed by atoms with Gasteiger partial charge in [0.05, 0.1) is 19.3 Å². The maximum absolute atomic E-state index is 12.4. The van der Waals surface area contributed by atoms with Gasteiger partial charge in [0, 0.05) is 12.2 Å². The molecule has 0 aliphatic rings. The molecule has 0 aliphatic carbocycles. The number of carbonyl (C=O) groups excluding carboxylic acids is 1. The first-order chi connectivity index (χ1) is 11.0. The number of nitrogens with zero attached hydrogens (tertiary/aromatic N) is 1. The number of carbonyl (C=O) groups is 1. The molecule has 0 saturated carbocycles. The van der Waals surface area contributed by atoms with Gasteiger partial charge in [-0.2, -0.15) is 0 Å². The SMILES string of the molecule is CCN(CC(=O)Nc1cc(C)ccc1OC)c1cccc(C)c1. The van der Waals surface area contributed by atoms with Gasteiger partial charge in [-0.3, -0.25) is 4.79 Å². The Hall–Kier alpha value is -2.49. The third-order valence-electron chi connectivity index (χ3n) is 3.71. The van der Waals surface area contributed by atoms with Crippen LogP contribution in [0.2, 0.25) is 0 Å². The van der Waals surface area contributed by atoms with Gasteiger partial charge in [0.25, 0.3) is 0 Å². The molecule has 2 aromatic carbocycles. The Kier molecular flexibility index (Phi) is 5.63. The van der Waals surface area contributed by atoms with Crippen LogP contribution in [0.3, 0.4) is 0 Å². The summed E-state index contributed by atoms with van der Waals surface area (Å²) < 4.78 is 5.30. The zero-order valence-corrected chi connectivity index (χ0v) is 14.2. The van der Waals surface area contributed by atoms with E-state index in [0.717, 1.165) is 17.8 Å². The van der Waals surface area contributed by atoms with Crippen molar-refractivity contribution in [3.05, 3.63) is 53.6 Å². The second-order valence-electron chi connectivity index (χ2n) is 5.61. The summed E-state index contributed by atoms with van der Waals surface area (Å²) in [4.78, 5) is 14.5. The van der Waals surface area contributed by atoms with Crippen LogP contribution in [0, 0.1) is 13.8 Å². The first kappa shape index (κ1) is 16.9. The molecule has 1 N–H and O–H groups in total. The van der Waals surface area contributed by atoms with Gasteiger partial charge in [0.1, 0.15) is 5.75 Å². The van der Waals surface area contributed by atoms with Gasteiger partial charge in [0.2, 0.25) is 5.91 Å². The highest BCUT2D eigenvalue weighted by Gasteiger charge is 2.12. The fraction of sp³-hybridized carbons (Fsp3) is 0.316. The molecular formula is C19H24N2O2. The number of ether oxygens (including phenoxy) is 1. The van der Waals surface area contributed by atoms with E-state index in [1.807, 2.05) is 49.1 Å². The fourth-order valence-corrected chi connectivity index (χ4v) is 2.49. The van der Waals surface area contributed by atoms with E-state index < -0.39 is 0 Å². The molecule has 0 fully saturated rings. The second-order valence-corrected chi connectivity index (χ2v) is 5.61. The Labute approximate surface area is 138 Å². The van der Waals surface area contributed by atoms with E-state index in [1.54, 1.807) is 7.11 Å². The van der Waals surface area contributed by atoms with Crippen LogP contribution in [-0.2, 0) is 4.79 Å². The van der Waals surface area contributed by atoms with Crippen molar-refractivity contribution in [3.63, 3.8) is 0 Å². The normalized spacial score (nSPS) is 10.3. The van der Waals surface area contributed by atoms with Crippen LogP contribution in [-0.4, -0.2) is 26.1 Å². The van der Waals surface area contributed by atoms with Crippen molar-refractivity contribution >= 4 is 17.3 Å². The van der Waals surface area contributed by atoms with Crippen molar-refractivity contribution < 1.29 is 9.53 Å². The molecule has 2 aromatic rings. The zero-order valence-electron chi connectivity index (χ0n) is 14.2. The molecule has 23 heavy (non-hydrogen) atoms. The summed E-state index contributed by atoms with van der Waals surface area (Å²) in [5, 5.41) is 2.95. The predicted octanol–water partition coefficient (Wildman–Crippen LogP) is 3.78. The van der Waals surface area contributed by atoms with Crippen molar-refractivity contribution in [2.75, 3.05) is 30.4 Å². The molecule has 0 aromatic heterocycles. The number of hydrogen-bond acceptors (Lipinski definition) is 3. The first-order valence-electron chi connectivity index (χ1n) is 7.79. The molecular weight excluding hydrogens is 288 g/mol. The molecule has 4 heteroatoms. The van der Waals surface area contributed by atoms with Crippen LogP contribution in [0.15, 0.2) is 42.5 Å². The third-order valence-corrected chi connectivity index (χ3v) is 3.71. The maximum Gasteiger partial charge on any atom is 0.243 e. The minimum atomic E-state index is -0.0581. The summed E-state index contributed by atoms with van der Waals surface area (Å²) >= 11 is 0. The monoisotopic (exact) mass is 312 g/mol. The Morgan fingerprint density at radius 3 is 2.52 bits per heavy atom.